The van der Waals surface area contributed by atoms with Gasteiger partial charge in [-0.15, -0.1) is 0 Å². The van der Waals surface area contributed by atoms with Gasteiger partial charge in [-0.3, -0.25) is 4.99 Å². The molecule has 0 spiro atoms. The Balaban J connectivity index is 2.53. The van der Waals surface area contributed by atoms with Crippen molar-refractivity contribution in [1.29, 1.82) is 0 Å². The molecule has 0 saturated heterocycles. The molecule has 0 aliphatic heterocycles. The van der Waals surface area contributed by atoms with Crippen LogP contribution in [-0.2, 0) is 0 Å². The van der Waals surface area contributed by atoms with Crippen molar-refractivity contribution in [2.45, 2.75) is 64.5 Å². The molecule has 0 heterocycles. The molecule has 1 rings (SSSR count). The molecule has 0 aromatic heterocycles. The summed E-state index contributed by atoms with van der Waals surface area (Å²) in [6, 6.07) is 0.591. The topological polar surface area (TPSA) is 39.7 Å². The molecule has 1 saturated carbocycles. The van der Waals surface area contributed by atoms with Gasteiger partial charge < -0.3 is 15.5 Å². The molecule has 4 heteroatoms. The first-order chi connectivity index (χ1) is 9.33. The number of hydrogen-bond acceptors (Lipinski definition) is 2. The number of hydrogen-bond donors (Lipinski definition) is 2. The van der Waals surface area contributed by atoms with Gasteiger partial charge in [0.15, 0.2) is 5.96 Å². The standard InChI is InChI=1S/C16H34N4/c1-16(2,3)19-15(17-4)18-12-14(20(5)6)13-10-8-7-9-11-13/h13-14H,7-12H2,1-6H3,(H2,17,18,19). The Morgan fingerprint density at radius 1 is 1.20 bits per heavy atom. The molecule has 4 nitrogen and oxygen atoms in total. The second-order valence-electron chi connectivity index (χ2n) is 7.26. The van der Waals surface area contributed by atoms with Crippen LogP contribution in [0.3, 0.4) is 0 Å². The number of rotatable bonds is 4. The van der Waals surface area contributed by atoms with E-state index in [1.54, 1.807) is 0 Å². The van der Waals surface area contributed by atoms with E-state index >= 15 is 0 Å². The van der Waals surface area contributed by atoms with Gasteiger partial charge in [0.25, 0.3) is 0 Å². The van der Waals surface area contributed by atoms with Crippen molar-refractivity contribution in [2.75, 3.05) is 27.7 Å². The normalized spacial score (nSPS) is 20.1. The van der Waals surface area contributed by atoms with E-state index in [2.05, 4.69) is 55.4 Å². The van der Waals surface area contributed by atoms with E-state index in [-0.39, 0.29) is 5.54 Å². The summed E-state index contributed by atoms with van der Waals surface area (Å²) >= 11 is 0. The number of guanidine groups is 1. The molecule has 0 bridgehead atoms. The van der Waals surface area contributed by atoms with Crippen molar-refractivity contribution in [2.24, 2.45) is 10.9 Å². The lowest BCUT2D eigenvalue weighted by molar-refractivity contribution is 0.171. The predicted molar refractivity (Wildman–Crippen MR) is 88.3 cm³/mol. The SMILES string of the molecule is CN=C(NCC(C1CCCCC1)N(C)C)NC(C)(C)C. The molecule has 1 atom stereocenters. The molecule has 1 aliphatic rings. The summed E-state index contributed by atoms with van der Waals surface area (Å²) in [5.41, 5.74) is 0.0420. The Hall–Kier alpha value is -0.770. The van der Waals surface area contributed by atoms with Gasteiger partial charge in [-0.05, 0) is 53.6 Å². The Morgan fingerprint density at radius 2 is 1.80 bits per heavy atom. The van der Waals surface area contributed by atoms with E-state index in [4.69, 9.17) is 0 Å². The smallest absolute Gasteiger partial charge is 0.191 e. The lowest BCUT2D eigenvalue weighted by Gasteiger charge is -2.35. The quantitative estimate of drug-likeness (QED) is 0.614. The fourth-order valence-electron chi connectivity index (χ4n) is 3.03. The minimum Gasteiger partial charge on any atom is -0.355 e. The van der Waals surface area contributed by atoms with Crippen LogP contribution in [0.15, 0.2) is 4.99 Å². The second kappa shape index (κ2) is 7.87. The van der Waals surface area contributed by atoms with Gasteiger partial charge in [-0.2, -0.15) is 0 Å². The number of likely N-dealkylation sites (N-methyl/N-ethyl adjacent to an activating group) is 1. The zero-order chi connectivity index (χ0) is 15.2. The van der Waals surface area contributed by atoms with Gasteiger partial charge in [-0.1, -0.05) is 19.3 Å². The molecule has 1 aliphatic carbocycles. The van der Waals surface area contributed by atoms with Crippen LogP contribution in [0.2, 0.25) is 0 Å². The third-order valence-corrected chi connectivity index (χ3v) is 4.05. The Morgan fingerprint density at radius 3 is 2.25 bits per heavy atom. The zero-order valence-corrected chi connectivity index (χ0v) is 14.3. The monoisotopic (exact) mass is 282 g/mol. The molecule has 0 amide bonds. The van der Waals surface area contributed by atoms with Gasteiger partial charge in [0.2, 0.25) is 0 Å². The van der Waals surface area contributed by atoms with Crippen LogP contribution >= 0.6 is 0 Å². The number of aliphatic imine (C=N–C) groups is 1. The highest BCUT2D eigenvalue weighted by atomic mass is 15.2. The first-order valence-electron chi connectivity index (χ1n) is 7.99. The van der Waals surface area contributed by atoms with Gasteiger partial charge in [0.05, 0.1) is 0 Å². The largest absolute Gasteiger partial charge is 0.355 e. The molecular formula is C16H34N4. The minimum atomic E-state index is 0.0420. The van der Waals surface area contributed by atoms with E-state index < -0.39 is 0 Å². The minimum absolute atomic E-state index is 0.0420. The maximum Gasteiger partial charge on any atom is 0.191 e. The van der Waals surface area contributed by atoms with E-state index in [0.29, 0.717) is 6.04 Å². The molecule has 0 aromatic rings. The summed E-state index contributed by atoms with van der Waals surface area (Å²) in [5.74, 6) is 1.72. The first kappa shape index (κ1) is 17.3. The lowest BCUT2D eigenvalue weighted by Crippen LogP contribution is -2.52. The van der Waals surface area contributed by atoms with Crippen molar-refractivity contribution >= 4 is 5.96 Å². The molecule has 118 valence electrons. The molecule has 1 unspecified atom stereocenters. The number of nitrogens with zero attached hydrogens (tertiary/aromatic N) is 2. The van der Waals surface area contributed by atoms with E-state index in [0.717, 1.165) is 18.4 Å². The van der Waals surface area contributed by atoms with Crippen LogP contribution in [0, 0.1) is 5.92 Å². The van der Waals surface area contributed by atoms with Crippen LogP contribution in [0.1, 0.15) is 52.9 Å². The lowest BCUT2D eigenvalue weighted by atomic mass is 9.83. The average molecular weight is 282 g/mol. The Labute approximate surface area is 125 Å². The van der Waals surface area contributed by atoms with E-state index in [1.165, 1.54) is 32.1 Å². The summed E-state index contributed by atoms with van der Waals surface area (Å²) in [6.45, 7) is 7.44. The summed E-state index contributed by atoms with van der Waals surface area (Å²) in [5, 5.41) is 6.93. The van der Waals surface area contributed by atoms with Gasteiger partial charge in [0, 0.05) is 25.2 Å². The number of nitrogens with one attached hydrogen (secondary N) is 2. The van der Waals surface area contributed by atoms with Gasteiger partial charge in [-0.25, -0.2) is 0 Å². The third kappa shape index (κ3) is 6.12. The summed E-state index contributed by atoms with van der Waals surface area (Å²) in [6.07, 6.45) is 6.94. The zero-order valence-electron chi connectivity index (χ0n) is 14.3. The molecule has 20 heavy (non-hydrogen) atoms. The maximum absolute atomic E-state index is 4.33. The van der Waals surface area contributed by atoms with Crippen LogP contribution in [0.4, 0.5) is 0 Å². The van der Waals surface area contributed by atoms with Crippen LogP contribution in [0.25, 0.3) is 0 Å². The van der Waals surface area contributed by atoms with Gasteiger partial charge >= 0.3 is 0 Å². The third-order valence-electron chi connectivity index (χ3n) is 4.05. The molecule has 0 radical (unpaired) electrons. The second-order valence-corrected chi connectivity index (χ2v) is 7.26. The highest BCUT2D eigenvalue weighted by Crippen LogP contribution is 2.28. The summed E-state index contributed by atoms with van der Waals surface area (Å²) in [4.78, 5) is 6.69. The molecular weight excluding hydrogens is 248 g/mol. The van der Waals surface area contributed by atoms with Crippen LogP contribution in [0.5, 0.6) is 0 Å². The first-order valence-corrected chi connectivity index (χ1v) is 7.99. The van der Waals surface area contributed by atoms with Gasteiger partial charge in [0.1, 0.15) is 0 Å². The van der Waals surface area contributed by atoms with Crippen molar-refractivity contribution in [3.8, 4) is 0 Å². The Kier molecular flexibility index (Phi) is 6.80. The summed E-state index contributed by atoms with van der Waals surface area (Å²) < 4.78 is 0. The fraction of sp³-hybridized carbons (Fsp3) is 0.938. The van der Waals surface area contributed by atoms with Crippen molar-refractivity contribution < 1.29 is 0 Å². The Bertz CT molecular complexity index is 298. The summed E-state index contributed by atoms with van der Waals surface area (Å²) in [7, 11) is 6.23. The highest BCUT2D eigenvalue weighted by molar-refractivity contribution is 5.80. The molecule has 0 aromatic carbocycles. The highest BCUT2D eigenvalue weighted by Gasteiger charge is 2.25. The van der Waals surface area contributed by atoms with Crippen molar-refractivity contribution in [3.63, 3.8) is 0 Å². The van der Waals surface area contributed by atoms with Crippen LogP contribution < -0.4 is 10.6 Å². The predicted octanol–water partition coefficient (Wildman–Crippen LogP) is 2.46. The van der Waals surface area contributed by atoms with Crippen LogP contribution in [-0.4, -0.2) is 50.1 Å². The molecule has 1 fully saturated rings. The fourth-order valence-corrected chi connectivity index (χ4v) is 3.03. The van der Waals surface area contributed by atoms with E-state index in [9.17, 15) is 0 Å². The van der Waals surface area contributed by atoms with Crippen molar-refractivity contribution in [3.05, 3.63) is 0 Å². The maximum atomic E-state index is 4.33. The molecule has 2 N–H and O–H groups in total. The average Bonchev–Trinajstić information content (AvgIpc) is 2.37. The van der Waals surface area contributed by atoms with E-state index in [1.807, 2.05) is 7.05 Å². The van der Waals surface area contributed by atoms with Crippen molar-refractivity contribution in [1.82, 2.24) is 15.5 Å².